The molecule has 96 valence electrons. The fraction of sp³-hybridized carbons (Fsp3) is 0.833. The Hall–Kier alpha value is -1.10. The first-order valence-corrected chi connectivity index (χ1v) is 6.01. The number of hydrogen-bond donors (Lipinski definition) is 1. The zero-order chi connectivity index (χ0) is 12.8. The highest BCUT2D eigenvalue weighted by molar-refractivity contribution is 5.94. The number of Topliss-reactive ketones (excluding diaryl/α,β-unsaturated/α-hetero) is 1. The molecule has 2 saturated heterocycles. The Kier molecular flexibility index (Phi) is 2.89. The lowest BCUT2D eigenvalue weighted by Gasteiger charge is -2.27. The Balaban J connectivity index is 2.13. The monoisotopic (exact) mass is 241 g/mol. The summed E-state index contributed by atoms with van der Waals surface area (Å²) in [5.74, 6) is -0.434. The molecular weight excluding hydrogens is 222 g/mol. The number of fused-ring (bicyclic) bond motifs is 2. The highest BCUT2D eigenvalue weighted by Gasteiger charge is 2.55. The second kappa shape index (κ2) is 3.98. The van der Waals surface area contributed by atoms with Crippen LogP contribution in [0.5, 0.6) is 0 Å². The van der Waals surface area contributed by atoms with E-state index in [4.69, 9.17) is 4.74 Å². The Morgan fingerprint density at radius 2 is 2.12 bits per heavy atom. The van der Waals surface area contributed by atoms with Crippen LogP contribution in [0, 0.1) is 5.92 Å². The van der Waals surface area contributed by atoms with Crippen LogP contribution >= 0.6 is 0 Å². The van der Waals surface area contributed by atoms with Crippen LogP contribution < -0.4 is 0 Å². The van der Waals surface area contributed by atoms with Crippen LogP contribution in [-0.2, 0) is 9.53 Å². The van der Waals surface area contributed by atoms with E-state index in [9.17, 15) is 14.7 Å². The molecule has 0 aromatic rings. The van der Waals surface area contributed by atoms with Crippen LogP contribution in [0.1, 0.15) is 33.6 Å². The molecule has 0 saturated carbocycles. The second-order valence-electron chi connectivity index (χ2n) is 5.74. The highest BCUT2D eigenvalue weighted by Crippen LogP contribution is 2.39. The van der Waals surface area contributed by atoms with Gasteiger partial charge in [0.2, 0.25) is 0 Å². The first kappa shape index (κ1) is 12.4. The van der Waals surface area contributed by atoms with Crippen molar-refractivity contribution in [3.8, 4) is 0 Å². The fourth-order valence-electron chi connectivity index (χ4n) is 2.74. The van der Waals surface area contributed by atoms with Gasteiger partial charge in [-0.3, -0.25) is 9.69 Å². The van der Waals surface area contributed by atoms with Crippen molar-refractivity contribution in [2.45, 2.75) is 51.3 Å². The lowest BCUT2D eigenvalue weighted by molar-refractivity contribution is -0.124. The van der Waals surface area contributed by atoms with E-state index in [-0.39, 0.29) is 24.5 Å². The number of nitrogens with zero attached hydrogens (tertiary/aromatic N) is 1. The molecule has 0 aromatic heterocycles. The van der Waals surface area contributed by atoms with E-state index in [2.05, 4.69) is 0 Å². The maximum atomic E-state index is 12.0. The van der Waals surface area contributed by atoms with Crippen molar-refractivity contribution < 1.29 is 19.4 Å². The second-order valence-corrected chi connectivity index (χ2v) is 5.74. The SMILES string of the molecule is CC(C)(C)OC(=O)N1[C@@H]2CC[C@H]1[C@@H](CO)C2=O. The third kappa shape index (κ3) is 2.04. The summed E-state index contributed by atoms with van der Waals surface area (Å²) in [5, 5.41) is 9.19. The van der Waals surface area contributed by atoms with Gasteiger partial charge in [-0.2, -0.15) is 0 Å². The van der Waals surface area contributed by atoms with E-state index in [1.54, 1.807) is 20.8 Å². The van der Waals surface area contributed by atoms with Crippen LogP contribution in [-0.4, -0.2) is 46.2 Å². The van der Waals surface area contributed by atoms with Crippen molar-refractivity contribution in [1.29, 1.82) is 0 Å². The zero-order valence-corrected chi connectivity index (χ0v) is 10.5. The van der Waals surface area contributed by atoms with Crippen LogP contribution in [0.2, 0.25) is 0 Å². The molecule has 3 atom stereocenters. The molecule has 2 bridgehead atoms. The number of amides is 1. The number of carbonyl (C=O) groups excluding carboxylic acids is 2. The molecule has 2 aliphatic heterocycles. The molecule has 1 N–H and O–H groups in total. The third-order valence-electron chi connectivity index (χ3n) is 3.39. The number of ketones is 1. The molecule has 0 aromatic carbocycles. The van der Waals surface area contributed by atoms with E-state index in [1.165, 1.54) is 4.90 Å². The van der Waals surface area contributed by atoms with Gasteiger partial charge >= 0.3 is 6.09 Å². The minimum absolute atomic E-state index is 0.0189. The number of rotatable bonds is 1. The number of carbonyl (C=O) groups is 2. The maximum absolute atomic E-state index is 12.0. The number of aliphatic hydroxyl groups is 1. The minimum Gasteiger partial charge on any atom is -0.444 e. The Morgan fingerprint density at radius 3 is 2.59 bits per heavy atom. The first-order valence-electron chi connectivity index (χ1n) is 6.01. The molecule has 5 nitrogen and oxygen atoms in total. The van der Waals surface area contributed by atoms with E-state index < -0.39 is 17.6 Å². The number of hydrogen-bond acceptors (Lipinski definition) is 4. The first-order chi connectivity index (χ1) is 7.85. The molecular formula is C12H19NO4. The molecule has 2 aliphatic rings. The van der Waals surface area contributed by atoms with Gasteiger partial charge in [0.1, 0.15) is 5.60 Å². The highest BCUT2D eigenvalue weighted by atomic mass is 16.6. The largest absolute Gasteiger partial charge is 0.444 e. The van der Waals surface area contributed by atoms with E-state index >= 15 is 0 Å². The van der Waals surface area contributed by atoms with Crippen LogP contribution in [0.25, 0.3) is 0 Å². The molecule has 1 amide bonds. The molecule has 5 heteroatoms. The minimum atomic E-state index is -0.559. The summed E-state index contributed by atoms with van der Waals surface area (Å²) in [6.45, 7) is 5.22. The summed E-state index contributed by atoms with van der Waals surface area (Å²) >= 11 is 0. The molecule has 0 spiro atoms. The molecule has 2 heterocycles. The van der Waals surface area contributed by atoms with Crippen LogP contribution in [0.15, 0.2) is 0 Å². The molecule has 17 heavy (non-hydrogen) atoms. The van der Waals surface area contributed by atoms with Crippen molar-refractivity contribution in [3.63, 3.8) is 0 Å². The smallest absolute Gasteiger partial charge is 0.411 e. The lowest BCUT2D eigenvalue weighted by atomic mass is 9.89. The molecule has 2 rings (SSSR count). The van der Waals surface area contributed by atoms with E-state index in [1.807, 2.05) is 0 Å². The quantitative estimate of drug-likeness (QED) is 0.742. The summed E-state index contributed by atoms with van der Waals surface area (Å²) < 4.78 is 5.30. The maximum Gasteiger partial charge on any atom is 0.411 e. The van der Waals surface area contributed by atoms with Gasteiger partial charge in [-0.05, 0) is 33.6 Å². The average Bonchev–Trinajstić information content (AvgIpc) is 2.70. The molecule has 0 aliphatic carbocycles. The third-order valence-corrected chi connectivity index (χ3v) is 3.39. The van der Waals surface area contributed by atoms with E-state index in [0.717, 1.165) is 6.42 Å². The van der Waals surface area contributed by atoms with Crippen molar-refractivity contribution >= 4 is 11.9 Å². The average molecular weight is 241 g/mol. The Morgan fingerprint density at radius 1 is 1.47 bits per heavy atom. The van der Waals surface area contributed by atoms with Gasteiger partial charge in [0.25, 0.3) is 0 Å². The topological polar surface area (TPSA) is 66.8 Å². The van der Waals surface area contributed by atoms with Gasteiger partial charge in [0, 0.05) is 6.04 Å². The van der Waals surface area contributed by atoms with Gasteiger partial charge in [-0.1, -0.05) is 0 Å². The van der Waals surface area contributed by atoms with Crippen molar-refractivity contribution in [1.82, 2.24) is 4.90 Å². The lowest BCUT2D eigenvalue weighted by Crippen LogP contribution is -2.41. The molecule has 0 unspecified atom stereocenters. The van der Waals surface area contributed by atoms with Crippen molar-refractivity contribution in [2.75, 3.05) is 6.61 Å². The summed E-state index contributed by atoms with van der Waals surface area (Å²) in [6.07, 6.45) is 1.04. The number of aliphatic hydroxyl groups excluding tert-OH is 1. The normalized spacial score (nSPS) is 32.1. The summed E-state index contributed by atoms with van der Waals surface area (Å²) in [5.41, 5.74) is -0.559. The predicted molar refractivity (Wildman–Crippen MR) is 60.5 cm³/mol. The predicted octanol–water partition coefficient (Wildman–Crippen LogP) is 0.946. The molecule has 2 fully saturated rings. The molecule has 0 radical (unpaired) electrons. The van der Waals surface area contributed by atoms with Gasteiger partial charge in [0.15, 0.2) is 5.78 Å². The van der Waals surface area contributed by atoms with E-state index in [0.29, 0.717) is 6.42 Å². The van der Waals surface area contributed by atoms with Gasteiger partial charge in [-0.25, -0.2) is 4.79 Å². The Labute approximate surface area is 101 Å². The summed E-state index contributed by atoms with van der Waals surface area (Å²) in [6, 6.07) is -0.556. The van der Waals surface area contributed by atoms with Gasteiger partial charge in [-0.15, -0.1) is 0 Å². The van der Waals surface area contributed by atoms with Crippen molar-refractivity contribution in [3.05, 3.63) is 0 Å². The van der Waals surface area contributed by atoms with Crippen molar-refractivity contribution in [2.24, 2.45) is 5.92 Å². The Bertz CT molecular complexity index is 347. The van der Waals surface area contributed by atoms with Gasteiger partial charge in [0.05, 0.1) is 18.6 Å². The van der Waals surface area contributed by atoms with Crippen LogP contribution in [0.4, 0.5) is 4.79 Å². The summed E-state index contributed by atoms with van der Waals surface area (Å²) in [4.78, 5) is 25.4. The fourth-order valence-corrected chi connectivity index (χ4v) is 2.74. The van der Waals surface area contributed by atoms with Crippen LogP contribution in [0.3, 0.4) is 0 Å². The van der Waals surface area contributed by atoms with Gasteiger partial charge < -0.3 is 9.84 Å². The zero-order valence-electron chi connectivity index (χ0n) is 10.5. The standard InChI is InChI=1S/C12H19NO4/c1-12(2,3)17-11(16)13-8-4-5-9(13)10(15)7(8)6-14/h7-9,14H,4-6H2,1-3H3/t7-,8+,9-/m1/s1. The summed E-state index contributed by atoms with van der Waals surface area (Å²) in [7, 11) is 0. The number of ether oxygens (including phenoxy) is 1.